The molecule has 1 amide bonds. The van der Waals surface area contributed by atoms with Gasteiger partial charge in [0.05, 0.1) is 0 Å². The largest absolute Gasteiger partial charge is 0.375 e. The van der Waals surface area contributed by atoms with Crippen molar-refractivity contribution in [2.75, 3.05) is 29.6 Å². The van der Waals surface area contributed by atoms with Gasteiger partial charge in [0.2, 0.25) is 5.91 Å². The Morgan fingerprint density at radius 1 is 1.09 bits per heavy atom. The van der Waals surface area contributed by atoms with Gasteiger partial charge in [-0.2, -0.15) is 0 Å². The number of carbonyl (C=O) groups excluding carboxylic acids is 1. The zero-order valence-electron chi connectivity index (χ0n) is 19.0. The second kappa shape index (κ2) is 11.7. The minimum absolute atomic E-state index is 0.0148. The first-order chi connectivity index (χ1) is 16.0. The molecule has 0 aliphatic carbocycles. The molecule has 0 radical (unpaired) electrons. The molecular formula is C25H28N6OS. The Labute approximate surface area is 199 Å². The van der Waals surface area contributed by atoms with Crippen LogP contribution in [0.1, 0.15) is 13.3 Å². The minimum atomic E-state index is -0.0148. The number of carbonyl (C=O) groups is 1. The van der Waals surface area contributed by atoms with Gasteiger partial charge in [-0.15, -0.1) is 0 Å². The highest BCUT2D eigenvalue weighted by Gasteiger charge is 2.12. The summed E-state index contributed by atoms with van der Waals surface area (Å²) >= 11 is 1.45. The van der Waals surface area contributed by atoms with Crippen LogP contribution in [0.2, 0.25) is 0 Å². The predicted molar refractivity (Wildman–Crippen MR) is 137 cm³/mol. The van der Waals surface area contributed by atoms with Crippen molar-refractivity contribution in [3.63, 3.8) is 0 Å². The molecule has 0 aliphatic heterocycles. The number of aromatic nitrogens is 2. The lowest BCUT2D eigenvalue weighted by Crippen LogP contribution is -2.17. The summed E-state index contributed by atoms with van der Waals surface area (Å²) in [4.78, 5) is 24.0. The second-order valence-electron chi connectivity index (χ2n) is 7.01. The average molecular weight is 461 g/mol. The highest BCUT2D eigenvalue weighted by Crippen LogP contribution is 2.31. The first-order valence-corrected chi connectivity index (χ1v) is 11.4. The number of para-hydroxylation sites is 1. The van der Waals surface area contributed by atoms with Gasteiger partial charge in [0.1, 0.15) is 17.5 Å². The van der Waals surface area contributed by atoms with E-state index < -0.39 is 0 Å². The van der Waals surface area contributed by atoms with E-state index in [9.17, 15) is 4.79 Å². The zero-order chi connectivity index (χ0) is 23.6. The molecule has 170 valence electrons. The standard InChI is InChI=1S/C25H28N6OS/c1-5-10-21(26-3)28-22-17-23(31(4)19-11-8-7-9-12-19)30-25(29-22)33-20-15-13-18(14-16-20)27-24(32)6-2/h5,7-17,26H,1,6H2,2-4H3,(H,27,32)(H,28,29,30)/b21-10+. The fraction of sp³-hybridized carbons (Fsp3) is 0.160. The normalized spacial score (nSPS) is 10.9. The lowest BCUT2D eigenvalue weighted by Gasteiger charge is -2.20. The summed E-state index contributed by atoms with van der Waals surface area (Å²) in [5.74, 6) is 2.16. The molecule has 3 aromatic rings. The van der Waals surface area contributed by atoms with Crippen LogP contribution in [0.25, 0.3) is 0 Å². The maximum absolute atomic E-state index is 11.6. The van der Waals surface area contributed by atoms with Gasteiger partial charge in [0.25, 0.3) is 0 Å². The topological polar surface area (TPSA) is 82.2 Å². The van der Waals surface area contributed by atoms with Crippen molar-refractivity contribution in [2.45, 2.75) is 23.4 Å². The van der Waals surface area contributed by atoms with Gasteiger partial charge in [-0.25, -0.2) is 9.97 Å². The zero-order valence-corrected chi connectivity index (χ0v) is 19.8. The molecule has 0 atom stereocenters. The number of hydrogen-bond donors (Lipinski definition) is 3. The third-order valence-corrected chi connectivity index (χ3v) is 5.54. The number of amides is 1. The Hall–Kier alpha value is -3.78. The van der Waals surface area contributed by atoms with Gasteiger partial charge in [0.15, 0.2) is 5.16 Å². The summed E-state index contributed by atoms with van der Waals surface area (Å²) in [6.45, 7) is 5.58. The fourth-order valence-electron chi connectivity index (χ4n) is 2.88. The fourth-order valence-corrected chi connectivity index (χ4v) is 3.65. The van der Waals surface area contributed by atoms with Crippen molar-refractivity contribution in [3.05, 3.63) is 85.2 Å². The van der Waals surface area contributed by atoms with Gasteiger partial charge in [0, 0.05) is 42.9 Å². The first-order valence-electron chi connectivity index (χ1n) is 10.6. The molecule has 0 bridgehead atoms. The monoisotopic (exact) mass is 460 g/mol. The predicted octanol–water partition coefficient (Wildman–Crippen LogP) is 5.40. The lowest BCUT2D eigenvalue weighted by molar-refractivity contribution is -0.115. The van der Waals surface area contributed by atoms with Crippen LogP contribution in [0.15, 0.2) is 95.3 Å². The number of hydrogen-bond acceptors (Lipinski definition) is 7. The van der Waals surface area contributed by atoms with Gasteiger partial charge in [-0.1, -0.05) is 37.8 Å². The van der Waals surface area contributed by atoms with E-state index in [1.165, 1.54) is 11.8 Å². The molecule has 0 fully saturated rings. The molecule has 3 rings (SSSR count). The van der Waals surface area contributed by atoms with Crippen LogP contribution in [-0.4, -0.2) is 30.0 Å². The molecular weight excluding hydrogens is 432 g/mol. The van der Waals surface area contributed by atoms with Crippen LogP contribution in [0.4, 0.5) is 23.0 Å². The SMILES string of the molecule is C=C/C=C(\NC)Nc1cc(N(C)c2ccccc2)nc(Sc2ccc(NC(=O)CC)cc2)n1. The maximum atomic E-state index is 11.6. The van der Waals surface area contributed by atoms with E-state index in [0.717, 1.165) is 27.9 Å². The van der Waals surface area contributed by atoms with Crippen molar-refractivity contribution < 1.29 is 4.79 Å². The van der Waals surface area contributed by atoms with Crippen molar-refractivity contribution in [2.24, 2.45) is 0 Å². The van der Waals surface area contributed by atoms with Crippen LogP contribution in [0.5, 0.6) is 0 Å². The van der Waals surface area contributed by atoms with Gasteiger partial charge in [-0.05, 0) is 54.2 Å². The molecule has 0 saturated heterocycles. The Kier molecular flexibility index (Phi) is 8.49. The van der Waals surface area contributed by atoms with E-state index in [1.54, 1.807) is 6.08 Å². The van der Waals surface area contributed by atoms with Crippen molar-refractivity contribution in [1.29, 1.82) is 0 Å². The van der Waals surface area contributed by atoms with Gasteiger partial charge < -0.3 is 20.9 Å². The molecule has 2 aromatic carbocycles. The smallest absolute Gasteiger partial charge is 0.224 e. The number of nitrogens with zero attached hydrogens (tertiary/aromatic N) is 3. The molecule has 7 nitrogen and oxygen atoms in total. The Bertz CT molecular complexity index is 1120. The summed E-state index contributed by atoms with van der Waals surface area (Å²) in [7, 11) is 3.80. The van der Waals surface area contributed by atoms with Crippen molar-refractivity contribution in [1.82, 2.24) is 15.3 Å². The molecule has 8 heteroatoms. The molecule has 1 heterocycles. The average Bonchev–Trinajstić information content (AvgIpc) is 2.84. The van der Waals surface area contributed by atoms with Gasteiger partial charge >= 0.3 is 0 Å². The summed E-state index contributed by atoms with van der Waals surface area (Å²) in [6, 6.07) is 19.6. The lowest BCUT2D eigenvalue weighted by atomic mass is 10.3. The first kappa shape index (κ1) is 23.9. The van der Waals surface area contributed by atoms with E-state index >= 15 is 0 Å². The van der Waals surface area contributed by atoms with E-state index in [-0.39, 0.29) is 5.91 Å². The summed E-state index contributed by atoms with van der Waals surface area (Å²) in [6.07, 6.45) is 3.97. The Balaban J connectivity index is 1.90. The number of anilines is 4. The van der Waals surface area contributed by atoms with Crippen LogP contribution >= 0.6 is 11.8 Å². The molecule has 0 aliphatic rings. The van der Waals surface area contributed by atoms with Gasteiger partial charge in [-0.3, -0.25) is 4.79 Å². The Morgan fingerprint density at radius 2 is 1.82 bits per heavy atom. The van der Waals surface area contributed by atoms with Crippen LogP contribution in [0.3, 0.4) is 0 Å². The second-order valence-corrected chi connectivity index (χ2v) is 8.05. The van der Waals surface area contributed by atoms with Crippen LogP contribution in [-0.2, 0) is 4.79 Å². The number of allylic oxidation sites excluding steroid dienone is 2. The van der Waals surface area contributed by atoms with Crippen molar-refractivity contribution >= 4 is 40.7 Å². The Morgan fingerprint density at radius 3 is 2.45 bits per heavy atom. The summed E-state index contributed by atoms with van der Waals surface area (Å²) in [5, 5.41) is 9.82. The third-order valence-electron chi connectivity index (χ3n) is 4.66. The number of nitrogens with one attached hydrogen (secondary N) is 3. The van der Waals surface area contributed by atoms with E-state index in [1.807, 2.05) is 92.7 Å². The molecule has 0 saturated carbocycles. The van der Waals surface area contributed by atoms with Crippen molar-refractivity contribution in [3.8, 4) is 0 Å². The van der Waals surface area contributed by atoms with Crippen LogP contribution in [0, 0.1) is 0 Å². The quantitative estimate of drug-likeness (QED) is 0.276. The summed E-state index contributed by atoms with van der Waals surface area (Å²) in [5.41, 5.74) is 1.78. The number of rotatable bonds is 10. The molecule has 33 heavy (non-hydrogen) atoms. The minimum Gasteiger partial charge on any atom is -0.375 e. The van der Waals surface area contributed by atoms with Crippen LogP contribution < -0.4 is 20.9 Å². The van der Waals surface area contributed by atoms with E-state index in [2.05, 4.69) is 27.5 Å². The highest BCUT2D eigenvalue weighted by atomic mass is 32.2. The number of benzene rings is 2. The molecule has 0 spiro atoms. The third kappa shape index (κ3) is 6.85. The van der Waals surface area contributed by atoms with E-state index in [4.69, 9.17) is 4.98 Å². The summed E-state index contributed by atoms with van der Waals surface area (Å²) < 4.78 is 0. The maximum Gasteiger partial charge on any atom is 0.224 e. The van der Waals surface area contributed by atoms with E-state index in [0.29, 0.717) is 17.4 Å². The highest BCUT2D eigenvalue weighted by molar-refractivity contribution is 7.99. The molecule has 0 unspecified atom stereocenters. The molecule has 3 N–H and O–H groups in total. The molecule has 1 aromatic heterocycles.